The second-order valence-corrected chi connectivity index (χ2v) is 3.80. The van der Waals surface area contributed by atoms with Crippen LogP contribution < -0.4 is 11.1 Å². The van der Waals surface area contributed by atoms with E-state index < -0.39 is 17.7 Å². The molecule has 0 aromatic heterocycles. The van der Waals surface area contributed by atoms with Crippen LogP contribution in [0.15, 0.2) is 18.2 Å². The molecule has 5 heteroatoms. The van der Waals surface area contributed by atoms with Crippen molar-refractivity contribution in [1.29, 1.82) is 0 Å². The molecule has 0 bridgehead atoms. The van der Waals surface area contributed by atoms with Crippen LogP contribution in [0.3, 0.4) is 0 Å². The normalized spacial score (nSPS) is 23.1. The zero-order chi connectivity index (χ0) is 11.5. The third kappa shape index (κ3) is 2.37. The van der Waals surface area contributed by atoms with Gasteiger partial charge < -0.3 is 15.8 Å². The Kier molecular flexibility index (Phi) is 3.48. The summed E-state index contributed by atoms with van der Waals surface area (Å²) in [7, 11) is 0. The number of nitrogens with two attached hydrogens (primary N) is 1. The molecule has 16 heavy (non-hydrogen) atoms. The van der Waals surface area contributed by atoms with E-state index >= 15 is 0 Å². The lowest BCUT2D eigenvalue weighted by molar-refractivity contribution is 0.0115. The Bertz CT molecular complexity index is 367. The number of morpholine rings is 1. The molecule has 0 saturated carbocycles. The summed E-state index contributed by atoms with van der Waals surface area (Å²) in [4.78, 5) is 0. The second-order valence-electron chi connectivity index (χ2n) is 3.80. The summed E-state index contributed by atoms with van der Waals surface area (Å²) in [5.41, 5.74) is 6.03. The maximum Gasteiger partial charge on any atom is 0.128 e. The van der Waals surface area contributed by atoms with Crippen LogP contribution in [0.4, 0.5) is 8.78 Å². The van der Waals surface area contributed by atoms with Crippen LogP contribution in [0.25, 0.3) is 0 Å². The molecule has 0 radical (unpaired) electrons. The molecule has 1 aliphatic heterocycles. The Morgan fingerprint density at radius 2 is 2.25 bits per heavy atom. The van der Waals surface area contributed by atoms with Crippen LogP contribution >= 0.6 is 0 Å². The van der Waals surface area contributed by atoms with Crippen LogP contribution in [0.2, 0.25) is 0 Å². The summed E-state index contributed by atoms with van der Waals surface area (Å²) < 4.78 is 31.9. The molecule has 0 aliphatic carbocycles. The predicted octanol–water partition coefficient (Wildman–Crippen LogP) is 0.953. The van der Waals surface area contributed by atoms with E-state index in [9.17, 15) is 8.78 Å². The third-order valence-corrected chi connectivity index (χ3v) is 2.67. The Hall–Kier alpha value is -1.04. The first-order valence-electron chi connectivity index (χ1n) is 5.21. The lowest BCUT2D eigenvalue weighted by Crippen LogP contribution is -2.44. The van der Waals surface area contributed by atoms with Gasteiger partial charge in [0.1, 0.15) is 11.6 Å². The van der Waals surface area contributed by atoms with Crippen molar-refractivity contribution in [3.8, 4) is 0 Å². The second kappa shape index (κ2) is 4.86. The van der Waals surface area contributed by atoms with Gasteiger partial charge in [-0.2, -0.15) is 0 Å². The molecule has 0 spiro atoms. The molecule has 2 atom stereocenters. The average Bonchev–Trinajstić information content (AvgIpc) is 2.32. The first-order chi connectivity index (χ1) is 7.68. The van der Waals surface area contributed by atoms with Gasteiger partial charge in [0.2, 0.25) is 0 Å². The standard InChI is InChI=1S/C11H14F2N2O/c12-7-1-2-9(13)8(5-7)11(14)10-6-15-3-4-16-10/h1-2,5,10-11,15H,3-4,6,14H2. The third-order valence-electron chi connectivity index (χ3n) is 2.67. The van der Waals surface area contributed by atoms with Crippen LogP contribution in [0, 0.1) is 11.6 Å². The molecule has 3 nitrogen and oxygen atoms in total. The summed E-state index contributed by atoms with van der Waals surface area (Å²) in [5.74, 6) is -0.987. The van der Waals surface area contributed by atoms with Crippen molar-refractivity contribution in [3.05, 3.63) is 35.4 Å². The SMILES string of the molecule is NC(c1cc(F)ccc1F)C1CNCCO1. The smallest absolute Gasteiger partial charge is 0.128 e. The lowest BCUT2D eigenvalue weighted by atomic mass is 10.0. The molecule has 3 N–H and O–H groups in total. The largest absolute Gasteiger partial charge is 0.374 e. The molecule has 1 fully saturated rings. The van der Waals surface area contributed by atoms with E-state index in [0.29, 0.717) is 13.2 Å². The van der Waals surface area contributed by atoms with Gasteiger partial charge in [-0.1, -0.05) is 0 Å². The van der Waals surface area contributed by atoms with E-state index in [1.165, 1.54) is 0 Å². The Balaban J connectivity index is 2.18. The van der Waals surface area contributed by atoms with Crippen molar-refractivity contribution >= 4 is 0 Å². The zero-order valence-electron chi connectivity index (χ0n) is 8.75. The number of benzene rings is 1. The fraction of sp³-hybridized carbons (Fsp3) is 0.455. The number of hydrogen-bond acceptors (Lipinski definition) is 3. The summed E-state index contributed by atoms with van der Waals surface area (Å²) in [6, 6.07) is 2.63. The minimum atomic E-state index is -0.650. The van der Waals surface area contributed by atoms with Gasteiger partial charge in [0.05, 0.1) is 18.8 Å². The van der Waals surface area contributed by atoms with Crippen molar-refractivity contribution in [2.75, 3.05) is 19.7 Å². The monoisotopic (exact) mass is 228 g/mol. The average molecular weight is 228 g/mol. The first-order valence-corrected chi connectivity index (χ1v) is 5.21. The fourth-order valence-electron chi connectivity index (χ4n) is 1.79. The topological polar surface area (TPSA) is 47.3 Å². The number of nitrogens with one attached hydrogen (secondary N) is 1. The van der Waals surface area contributed by atoms with E-state index in [1.54, 1.807) is 0 Å². The van der Waals surface area contributed by atoms with E-state index in [4.69, 9.17) is 10.5 Å². The zero-order valence-corrected chi connectivity index (χ0v) is 8.75. The Labute approximate surface area is 92.6 Å². The molecule has 88 valence electrons. The van der Waals surface area contributed by atoms with E-state index in [1.807, 2.05) is 0 Å². The van der Waals surface area contributed by atoms with Gasteiger partial charge in [-0.05, 0) is 18.2 Å². The Morgan fingerprint density at radius 1 is 1.44 bits per heavy atom. The van der Waals surface area contributed by atoms with Gasteiger partial charge in [-0.3, -0.25) is 0 Å². The predicted molar refractivity (Wildman–Crippen MR) is 55.9 cm³/mol. The van der Waals surface area contributed by atoms with Gasteiger partial charge in [-0.15, -0.1) is 0 Å². The van der Waals surface area contributed by atoms with Gasteiger partial charge >= 0.3 is 0 Å². The maximum absolute atomic E-state index is 13.5. The molecule has 1 saturated heterocycles. The molecule has 2 rings (SSSR count). The molecule has 1 heterocycles. The highest BCUT2D eigenvalue weighted by Crippen LogP contribution is 2.21. The van der Waals surface area contributed by atoms with Crippen molar-refractivity contribution < 1.29 is 13.5 Å². The minimum absolute atomic E-state index is 0.161. The van der Waals surface area contributed by atoms with Crippen LogP contribution in [-0.2, 0) is 4.74 Å². The van der Waals surface area contributed by atoms with Crippen molar-refractivity contribution in [3.63, 3.8) is 0 Å². The van der Waals surface area contributed by atoms with Crippen molar-refractivity contribution in [1.82, 2.24) is 5.32 Å². The number of rotatable bonds is 2. The van der Waals surface area contributed by atoms with Gasteiger partial charge in [0, 0.05) is 18.7 Å². The van der Waals surface area contributed by atoms with Crippen molar-refractivity contribution in [2.45, 2.75) is 12.1 Å². The summed E-state index contributed by atoms with van der Waals surface area (Å²) in [5, 5.41) is 3.10. The number of hydrogen-bond donors (Lipinski definition) is 2. The summed E-state index contributed by atoms with van der Waals surface area (Å²) >= 11 is 0. The molecular weight excluding hydrogens is 214 g/mol. The summed E-state index contributed by atoms with van der Waals surface area (Å²) in [6.07, 6.45) is -0.315. The highest BCUT2D eigenvalue weighted by molar-refractivity contribution is 5.23. The molecule has 2 unspecified atom stereocenters. The maximum atomic E-state index is 13.5. The fourth-order valence-corrected chi connectivity index (χ4v) is 1.79. The van der Waals surface area contributed by atoms with Gasteiger partial charge in [0.15, 0.2) is 0 Å². The molecule has 1 aromatic carbocycles. The number of ether oxygens (including phenoxy) is 1. The quantitative estimate of drug-likeness (QED) is 0.792. The molecule has 1 aliphatic rings. The van der Waals surface area contributed by atoms with Crippen LogP contribution in [0.5, 0.6) is 0 Å². The number of halogens is 2. The van der Waals surface area contributed by atoms with Crippen LogP contribution in [-0.4, -0.2) is 25.8 Å². The molecular formula is C11H14F2N2O. The van der Waals surface area contributed by atoms with Gasteiger partial charge in [-0.25, -0.2) is 8.78 Å². The first kappa shape index (κ1) is 11.4. The Morgan fingerprint density at radius 3 is 2.94 bits per heavy atom. The van der Waals surface area contributed by atoms with Crippen molar-refractivity contribution in [2.24, 2.45) is 5.73 Å². The van der Waals surface area contributed by atoms with Crippen LogP contribution in [0.1, 0.15) is 11.6 Å². The van der Waals surface area contributed by atoms with E-state index in [0.717, 1.165) is 24.7 Å². The van der Waals surface area contributed by atoms with E-state index in [-0.39, 0.29) is 11.7 Å². The lowest BCUT2D eigenvalue weighted by Gasteiger charge is -2.29. The summed E-state index contributed by atoms with van der Waals surface area (Å²) in [6.45, 7) is 1.85. The molecule has 1 aromatic rings. The van der Waals surface area contributed by atoms with E-state index in [2.05, 4.69) is 5.32 Å². The highest BCUT2D eigenvalue weighted by Gasteiger charge is 2.25. The highest BCUT2D eigenvalue weighted by atomic mass is 19.1. The van der Waals surface area contributed by atoms with Gasteiger partial charge in [0.25, 0.3) is 0 Å². The molecule has 0 amide bonds. The minimum Gasteiger partial charge on any atom is -0.374 e.